The molecule has 1 unspecified atom stereocenters. The lowest BCUT2D eigenvalue weighted by molar-refractivity contribution is -0.121. The summed E-state index contributed by atoms with van der Waals surface area (Å²) in [6.45, 7) is 5.40. The molecular formula is C27H29ClN4O2. The molecule has 1 aromatic carbocycles. The van der Waals surface area contributed by atoms with E-state index in [1.54, 1.807) is 12.3 Å². The van der Waals surface area contributed by atoms with Crippen molar-refractivity contribution in [1.82, 2.24) is 20.2 Å². The Labute approximate surface area is 205 Å². The molecule has 1 fully saturated rings. The Morgan fingerprint density at radius 2 is 1.94 bits per heavy atom. The van der Waals surface area contributed by atoms with Crippen LogP contribution in [0.25, 0.3) is 0 Å². The largest absolute Gasteiger partial charge is 0.365 e. The Kier molecular flexibility index (Phi) is 6.63. The normalized spacial score (nSPS) is 17.9. The van der Waals surface area contributed by atoms with E-state index in [-0.39, 0.29) is 17.6 Å². The first-order valence-electron chi connectivity index (χ1n) is 11.9. The quantitative estimate of drug-likeness (QED) is 0.555. The van der Waals surface area contributed by atoms with Gasteiger partial charge in [0.25, 0.3) is 0 Å². The van der Waals surface area contributed by atoms with Crippen LogP contribution in [-0.4, -0.2) is 33.9 Å². The molecule has 3 aromatic rings. The molecule has 0 aliphatic carbocycles. The van der Waals surface area contributed by atoms with Gasteiger partial charge in [-0.3, -0.25) is 19.7 Å². The Hall–Kier alpha value is -2.80. The summed E-state index contributed by atoms with van der Waals surface area (Å²) in [5, 5.41) is 3.66. The number of carbonyl (C=O) groups is 1. The van der Waals surface area contributed by atoms with E-state index in [0.29, 0.717) is 18.1 Å². The van der Waals surface area contributed by atoms with Gasteiger partial charge < -0.3 is 10.1 Å². The summed E-state index contributed by atoms with van der Waals surface area (Å²) in [5.74, 6) is -0.0148. The lowest BCUT2D eigenvalue weighted by Crippen LogP contribution is -2.42. The van der Waals surface area contributed by atoms with Crippen LogP contribution in [0.15, 0.2) is 61.1 Å². The van der Waals surface area contributed by atoms with Gasteiger partial charge in [-0.25, -0.2) is 0 Å². The Morgan fingerprint density at radius 1 is 1.15 bits per heavy atom. The smallest absolute Gasteiger partial charge is 0.220 e. The first-order valence-corrected chi connectivity index (χ1v) is 12.2. The Bertz CT molecular complexity index is 1140. The summed E-state index contributed by atoms with van der Waals surface area (Å²) >= 11 is 6.01. The number of hydrogen-bond acceptors (Lipinski definition) is 5. The van der Waals surface area contributed by atoms with Crippen molar-refractivity contribution in [3.8, 4) is 0 Å². The maximum absolute atomic E-state index is 12.2. The summed E-state index contributed by atoms with van der Waals surface area (Å²) < 4.78 is 6.27. The van der Waals surface area contributed by atoms with Gasteiger partial charge in [0.2, 0.25) is 5.91 Å². The van der Waals surface area contributed by atoms with Gasteiger partial charge in [-0.15, -0.1) is 0 Å². The van der Waals surface area contributed by atoms with Gasteiger partial charge in [0.1, 0.15) is 0 Å². The molecule has 5 rings (SSSR count). The monoisotopic (exact) mass is 476 g/mol. The molecule has 6 nitrogen and oxygen atoms in total. The number of ether oxygens (including phenoxy) is 1. The van der Waals surface area contributed by atoms with E-state index in [0.717, 1.165) is 43.7 Å². The number of piperidine rings is 1. The lowest BCUT2D eigenvalue weighted by atomic mass is 9.84. The SMILES string of the molecule is CCC(=O)NC(c1ccc(CN2CCC3(CC2)OCc2ccncc23)cc1)c1ccc(Cl)cn1. The molecule has 4 heterocycles. The average Bonchev–Trinajstić information content (AvgIpc) is 3.23. The topological polar surface area (TPSA) is 67.4 Å². The summed E-state index contributed by atoms with van der Waals surface area (Å²) in [5.41, 5.74) is 5.40. The van der Waals surface area contributed by atoms with Gasteiger partial charge in [0.15, 0.2) is 0 Å². The zero-order valence-electron chi connectivity index (χ0n) is 19.3. The number of hydrogen-bond donors (Lipinski definition) is 1. The number of pyridine rings is 2. The third kappa shape index (κ3) is 4.71. The molecule has 0 saturated carbocycles. The van der Waals surface area contributed by atoms with Crippen molar-refractivity contribution < 1.29 is 9.53 Å². The van der Waals surface area contributed by atoms with E-state index in [1.807, 2.05) is 25.4 Å². The molecule has 2 aromatic heterocycles. The number of nitrogens with one attached hydrogen (secondary N) is 1. The van der Waals surface area contributed by atoms with Crippen LogP contribution in [0, 0.1) is 0 Å². The molecule has 1 atom stereocenters. The van der Waals surface area contributed by atoms with E-state index in [2.05, 4.69) is 50.5 Å². The van der Waals surface area contributed by atoms with Gasteiger partial charge in [-0.1, -0.05) is 42.8 Å². The van der Waals surface area contributed by atoms with Gasteiger partial charge in [-0.2, -0.15) is 0 Å². The molecule has 1 spiro atoms. The molecule has 7 heteroatoms. The molecule has 0 radical (unpaired) electrons. The molecule has 34 heavy (non-hydrogen) atoms. The van der Waals surface area contributed by atoms with Crippen molar-refractivity contribution >= 4 is 17.5 Å². The highest BCUT2D eigenvalue weighted by atomic mass is 35.5. The second-order valence-electron chi connectivity index (χ2n) is 9.09. The number of likely N-dealkylation sites (tertiary alicyclic amines) is 1. The van der Waals surface area contributed by atoms with Gasteiger partial charge in [0.05, 0.1) is 29.0 Å². The number of nitrogens with zero attached hydrogens (tertiary/aromatic N) is 3. The molecule has 1 saturated heterocycles. The second kappa shape index (κ2) is 9.82. The third-order valence-electron chi connectivity index (χ3n) is 6.96. The van der Waals surface area contributed by atoms with Gasteiger partial charge >= 0.3 is 0 Å². The van der Waals surface area contributed by atoms with Crippen molar-refractivity contribution in [1.29, 1.82) is 0 Å². The zero-order chi connectivity index (χ0) is 23.5. The highest BCUT2D eigenvalue weighted by Crippen LogP contribution is 2.43. The maximum atomic E-state index is 12.2. The van der Waals surface area contributed by atoms with Crippen LogP contribution in [0.3, 0.4) is 0 Å². The highest BCUT2D eigenvalue weighted by molar-refractivity contribution is 6.30. The minimum absolute atomic E-state index is 0.0148. The maximum Gasteiger partial charge on any atom is 0.220 e. The number of aromatic nitrogens is 2. The Balaban J connectivity index is 1.25. The summed E-state index contributed by atoms with van der Waals surface area (Å²) in [4.78, 5) is 23.4. The number of fused-ring (bicyclic) bond motifs is 2. The van der Waals surface area contributed by atoms with Crippen molar-refractivity contribution in [2.24, 2.45) is 0 Å². The molecule has 0 bridgehead atoms. The number of benzene rings is 1. The number of halogens is 1. The van der Waals surface area contributed by atoms with Gasteiger partial charge in [-0.05, 0) is 47.7 Å². The minimum atomic E-state index is -0.304. The van der Waals surface area contributed by atoms with Crippen LogP contribution >= 0.6 is 11.6 Å². The fourth-order valence-electron chi connectivity index (χ4n) is 4.96. The first kappa shape index (κ1) is 23.0. The molecule has 1 amide bonds. The molecule has 2 aliphatic heterocycles. The number of carbonyl (C=O) groups excluding carboxylic acids is 1. The zero-order valence-corrected chi connectivity index (χ0v) is 20.1. The van der Waals surface area contributed by atoms with Crippen LogP contribution in [0.4, 0.5) is 0 Å². The molecule has 2 aliphatic rings. The van der Waals surface area contributed by atoms with Crippen LogP contribution < -0.4 is 5.32 Å². The summed E-state index contributed by atoms with van der Waals surface area (Å²) in [7, 11) is 0. The molecule has 1 N–H and O–H groups in total. The van der Waals surface area contributed by atoms with E-state index < -0.39 is 0 Å². The molecular weight excluding hydrogens is 448 g/mol. The van der Waals surface area contributed by atoms with Crippen molar-refractivity contribution in [2.45, 2.75) is 51.0 Å². The lowest BCUT2D eigenvalue weighted by Gasteiger charge is -2.39. The van der Waals surface area contributed by atoms with Crippen molar-refractivity contribution in [3.63, 3.8) is 0 Å². The van der Waals surface area contributed by atoms with Crippen LogP contribution in [0.5, 0.6) is 0 Å². The number of amides is 1. The first-order chi connectivity index (χ1) is 16.6. The number of rotatable bonds is 6. The van der Waals surface area contributed by atoms with E-state index in [1.165, 1.54) is 16.7 Å². The second-order valence-corrected chi connectivity index (χ2v) is 9.53. The van der Waals surface area contributed by atoms with E-state index in [4.69, 9.17) is 16.3 Å². The van der Waals surface area contributed by atoms with E-state index in [9.17, 15) is 4.79 Å². The minimum Gasteiger partial charge on any atom is -0.365 e. The fraction of sp³-hybridized carbons (Fsp3) is 0.370. The van der Waals surface area contributed by atoms with Crippen molar-refractivity contribution in [2.75, 3.05) is 13.1 Å². The van der Waals surface area contributed by atoms with Crippen LogP contribution in [0.1, 0.15) is 60.2 Å². The standard InChI is InChI=1S/C27H29ClN4O2/c1-2-25(33)31-26(24-8-7-22(28)15-30-24)20-5-3-19(4-6-20)17-32-13-10-27(11-14-32)23-16-29-12-9-21(23)18-34-27/h3-9,12,15-16,26H,2,10-11,13-14,17-18H2,1H3,(H,31,33). The Morgan fingerprint density at radius 3 is 2.65 bits per heavy atom. The predicted molar refractivity (Wildman–Crippen MR) is 131 cm³/mol. The summed E-state index contributed by atoms with van der Waals surface area (Å²) in [6, 6.07) is 13.9. The third-order valence-corrected chi connectivity index (χ3v) is 7.19. The molecule has 176 valence electrons. The fourth-order valence-corrected chi connectivity index (χ4v) is 5.07. The van der Waals surface area contributed by atoms with Crippen LogP contribution in [-0.2, 0) is 28.3 Å². The van der Waals surface area contributed by atoms with Crippen LogP contribution in [0.2, 0.25) is 5.02 Å². The van der Waals surface area contributed by atoms with Crippen molar-refractivity contribution in [3.05, 3.63) is 94.0 Å². The van der Waals surface area contributed by atoms with Gasteiger partial charge in [0, 0.05) is 50.2 Å². The average molecular weight is 477 g/mol. The highest BCUT2D eigenvalue weighted by Gasteiger charge is 2.42. The predicted octanol–water partition coefficient (Wildman–Crippen LogP) is 4.77. The van der Waals surface area contributed by atoms with E-state index >= 15 is 0 Å². The summed E-state index contributed by atoms with van der Waals surface area (Å²) in [6.07, 6.45) is 7.83.